The second kappa shape index (κ2) is 7.98. The zero-order valence-corrected chi connectivity index (χ0v) is 13.4. The van der Waals surface area contributed by atoms with Crippen LogP contribution in [0.2, 0.25) is 0 Å². The molecule has 1 amide bonds. The molecule has 5 heteroatoms. The van der Waals surface area contributed by atoms with Crippen molar-refractivity contribution in [1.29, 1.82) is 0 Å². The van der Waals surface area contributed by atoms with Crippen LogP contribution in [0.1, 0.15) is 31.1 Å². The minimum absolute atomic E-state index is 0.0935. The summed E-state index contributed by atoms with van der Waals surface area (Å²) in [5.41, 5.74) is 4.25. The van der Waals surface area contributed by atoms with Crippen LogP contribution in [0.15, 0.2) is 53.6 Å². The summed E-state index contributed by atoms with van der Waals surface area (Å²) in [7, 11) is 1.59. The van der Waals surface area contributed by atoms with Crippen molar-refractivity contribution in [3.05, 3.63) is 59.7 Å². The number of nitrogens with one attached hydrogen (secondary N) is 1. The van der Waals surface area contributed by atoms with Crippen molar-refractivity contribution in [2.24, 2.45) is 5.10 Å². The van der Waals surface area contributed by atoms with Crippen molar-refractivity contribution >= 4 is 12.1 Å². The minimum Gasteiger partial charge on any atom is -0.493 e. The fourth-order valence-corrected chi connectivity index (χ4v) is 2.04. The van der Waals surface area contributed by atoms with E-state index in [1.54, 1.807) is 19.4 Å². The van der Waals surface area contributed by atoms with Crippen molar-refractivity contribution in [2.45, 2.75) is 20.0 Å². The predicted octanol–water partition coefficient (Wildman–Crippen LogP) is 3.31. The smallest absolute Gasteiger partial charge is 0.236 e. The zero-order chi connectivity index (χ0) is 16.7. The van der Waals surface area contributed by atoms with Crippen LogP contribution in [0.4, 0.5) is 0 Å². The summed E-state index contributed by atoms with van der Waals surface area (Å²) in [5.74, 6) is 1.05. The van der Waals surface area contributed by atoms with Gasteiger partial charge < -0.3 is 9.47 Å². The Balaban J connectivity index is 2.13. The Kier molecular flexibility index (Phi) is 5.74. The molecule has 0 spiro atoms. The maximum atomic E-state index is 10.8. The lowest BCUT2D eigenvalue weighted by Crippen LogP contribution is -2.12. The van der Waals surface area contributed by atoms with E-state index in [0.717, 1.165) is 11.1 Å². The van der Waals surface area contributed by atoms with Crippen LogP contribution >= 0.6 is 0 Å². The molecule has 0 aromatic heterocycles. The third kappa shape index (κ3) is 4.85. The fraction of sp³-hybridized carbons (Fsp3) is 0.222. The van der Waals surface area contributed by atoms with Gasteiger partial charge in [-0.3, -0.25) is 4.79 Å². The molecule has 0 heterocycles. The molecular formula is C18H20N2O3. The van der Waals surface area contributed by atoms with E-state index in [-0.39, 0.29) is 12.0 Å². The van der Waals surface area contributed by atoms with E-state index in [2.05, 4.69) is 10.5 Å². The molecule has 1 N–H and O–H groups in total. The van der Waals surface area contributed by atoms with E-state index < -0.39 is 0 Å². The van der Waals surface area contributed by atoms with Crippen molar-refractivity contribution < 1.29 is 14.3 Å². The van der Waals surface area contributed by atoms with E-state index in [9.17, 15) is 4.79 Å². The molecule has 0 aliphatic heterocycles. The summed E-state index contributed by atoms with van der Waals surface area (Å²) in [6.07, 6.45) is 1.46. The molecule has 2 rings (SSSR count). The number of hydrazone groups is 1. The molecule has 2 aromatic carbocycles. The third-order valence-corrected chi connectivity index (χ3v) is 3.20. The van der Waals surface area contributed by atoms with Crippen molar-refractivity contribution in [3.8, 4) is 11.5 Å². The normalized spacial score (nSPS) is 12.0. The highest BCUT2D eigenvalue weighted by Crippen LogP contribution is 2.31. The molecule has 0 aliphatic rings. The summed E-state index contributed by atoms with van der Waals surface area (Å²) < 4.78 is 11.4. The Morgan fingerprint density at radius 1 is 1.17 bits per heavy atom. The van der Waals surface area contributed by atoms with E-state index in [1.165, 1.54) is 6.92 Å². The lowest BCUT2D eigenvalue weighted by atomic mass is 10.1. The SMILES string of the molecule is COc1cc(/C=N/NC(C)=O)ccc1OC(C)c1ccccc1. The standard InChI is InChI=1S/C18H20N2O3/c1-13(16-7-5-4-6-8-16)23-17-10-9-15(11-18(17)22-3)12-19-20-14(2)21/h4-13H,1-3H3,(H,20,21)/b19-12+. The molecule has 2 aromatic rings. The Morgan fingerprint density at radius 3 is 2.57 bits per heavy atom. The molecule has 5 nitrogen and oxygen atoms in total. The number of rotatable bonds is 6. The second-order valence-electron chi connectivity index (χ2n) is 5.01. The fourth-order valence-electron chi connectivity index (χ4n) is 2.04. The van der Waals surface area contributed by atoms with Crippen LogP contribution in [0, 0.1) is 0 Å². The molecule has 1 atom stereocenters. The van der Waals surface area contributed by atoms with Gasteiger partial charge in [0.05, 0.1) is 13.3 Å². The third-order valence-electron chi connectivity index (χ3n) is 3.20. The number of carbonyl (C=O) groups excluding carboxylic acids is 1. The van der Waals surface area contributed by atoms with Gasteiger partial charge in [-0.1, -0.05) is 30.3 Å². The van der Waals surface area contributed by atoms with Crippen molar-refractivity contribution in [2.75, 3.05) is 7.11 Å². The molecule has 0 fully saturated rings. The number of ether oxygens (including phenoxy) is 2. The number of benzene rings is 2. The highest BCUT2D eigenvalue weighted by atomic mass is 16.5. The van der Waals surface area contributed by atoms with Gasteiger partial charge >= 0.3 is 0 Å². The second-order valence-corrected chi connectivity index (χ2v) is 5.01. The van der Waals surface area contributed by atoms with Gasteiger partial charge in [0, 0.05) is 6.92 Å². The summed E-state index contributed by atoms with van der Waals surface area (Å²) in [4.78, 5) is 10.8. The highest BCUT2D eigenvalue weighted by Gasteiger charge is 2.11. The van der Waals surface area contributed by atoms with Gasteiger partial charge in [0.15, 0.2) is 11.5 Å². The van der Waals surface area contributed by atoms with E-state index >= 15 is 0 Å². The molecular weight excluding hydrogens is 292 g/mol. The molecule has 0 radical (unpaired) electrons. The first-order chi connectivity index (χ1) is 11.1. The van der Waals surface area contributed by atoms with Gasteiger partial charge in [0.1, 0.15) is 6.10 Å². The number of amides is 1. The van der Waals surface area contributed by atoms with Gasteiger partial charge in [-0.25, -0.2) is 5.43 Å². The first kappa shape index (κ1) is 16.5. The molecule has 0 bridgehead atoms. The van der Waals surface area contributed by atoms with Gasteiger partial charge in [0.2, 0.25) is 5.91 Å². The summed E-state index contributed by atoms with van der Waals surface area (Å²) in [5, 5.41) is 3.83. The molecule has 0 aliphatic carbocycles. The van der Waals surface area contributed by atoms with E-state index in [4.69, 9.17) is 9.47 Å². The largest absolute Gasteiger partial charge is 0.493 e. The number of hydrogen-bond donors (Lipinski definition) is 1. The van der Waals surface area contributed by atoms with Crippen LogP contribution < -0.4 is 14.9 Å². The quantitative estimate of drug-likeness (QED) is 0.657. The lowest BCUT2D eigenvalue weighted by molar-refractivity contribution is -0.118. The monoisotopic (exact) mass is 312 g/mol. The van der Waals surface area contributed by atoms with Crippen molar-refractivity contribution in [1.82, 2.24) is 5.43 Å². The molecule has 0 saturated heterocycles. The van der Waals surface area contributed by atoms with Crippen LogP contribution in [0.3, 0.4) is 0 Å². The van der Waals surface area contributed by atoms with Crippen LogP contribution in [-0.2, 0) is 4.79 Å². The first-order valence-corrected chi connectivity index (χ1v) is 7.29. The Labute approximate surface area is 135 Å². The lowest BCUT2D eigenvalue weighted by Gasteiger charge is -2.17. The van der Waals surface area contributed by atoms with Crippen LogP contribution in [0.5, 0.6) is 11.5 Å². The number of carbonyl (C=O) groups is 1. The topological polar surface area (TPSA) is 59.9 Å². The maximum absolute atomic E-state index is 10.8. The van der Waals surface area contributed by atoms with Gasteiger partial charge in [0.25, 0.3) is 0 Å². The Bertz CT molecular complexity index is 684. The minimum atomic E-state index is -0.218. The van der Waals surface area contributed by atoms with E-state index in [0.29, 0.717) is 11.5 Å². The molecule has 0 saturated carbocycles. The average Bonchev–Trinajstić information content (AvgIpc) is 2.56. The predicted molar refractivity (Wildman–Crippen MR) is 89.9 cm³/mol. The van der Waals surface area contributed by atoms with Crippen LogP contribution in [-0.4, -0.2) is 19.2 Å². The Hall–Kier alpha value is -2.82. The molecule has 23 heavy (non-hydrogen) atoms. The van der Waals surface area contributed by atoms with Gasteiger partial charge in [-0.15, -0.1) is 0 Å². The summed E-state index contributed by atoms with van der Waals surface area (Å²) in [6.45, 7) is 3.39. The average molecular weight is 312 g/mol. The highest BCUT2D eigenvalue weighted by molar-refractivity contribution is 5.82. The maximum Gasteiger partial charge on any atom is 0.236 e. The van der Waals surface area contributed by atoms with Gasteiger partial charge in [-0.2, -0.15) is 5.10 Å². The number of methoxy groups -OCH3 is 1. The van der Waals surface area contributed by atoms with Crippen LogP contribution in [0.25, 0.3) is 0 Å². The summed E-state index contributed by atoms with van der Waals surface area (Å²) >= 11 is 0. The first-order valence-electron chi connectivity index (χ1n) is 7.29. The molecule has 120 valence electrons. The van der Waals surface area contributed by atoms with Crippen molar-refractivity contribution in [3.63, 3.8) is 0 Å². The number of hydrogen-bond acceptors (Lipinski definition) is 4. The summed E-state index contributed by atoms with van der Waals surface area (Å²) in [6, 6.07) is 15.5. The zero-order valence-electron chi connectivity index (χ0n) is 13.4. The molecule has 1 unspecified atom stereocenters. The Morgan fingerprint density at radius 2 is 1.91 bits per heavy atom. The number of nitrogens with zero attached hydrogens (tertiary/aromatic N) is 1. The van der Waals surface area contributed by atoms with Gasteiger partial charge in [-0.05, 0) is 36.2 Å². The van der Waals surface area contributed by atoms with E-state index in [1.807, 2.05) is 49.4 Å².